The summed E-state index contributed by atoms with van der Waals surface area (Å²) in [6.45, 7) is 1.77. The van der Waals surface area contributed by atoms with E-state index in [4.69, 9.17) is 4.74 Å². The topological polar surface area (TPSA) is 69.8 Å². The van der Waals surface area contributed by atoms with Crippen LogP contribution in [0.4, 0.5) is 19.0 Å². The Bertz CT molecular complexity index is 1530. The number of alkyl halides is 3. The second kappa shape index (κ2) is 8.58. The van der Waals surface area contributed by atoms with Crippen LogP contribution in [0.5, 0.6) is 5.75 Å². The minimum Gasteiger partial charge on any atom is -0.497 e. The molecule has 0 bridgehead atoms. The van der Waals surface area contributed by atoms with Gasteiger partial charge < -0.3 is 19.6 Å². The average molecular weight is 492 g/mol. The molecule has 1 aliphatic heterocycles. The number of nitrogens with one attached hydrogen (secondary N) is 2. The Morgan fingerprint density at radius 1 is 1.00 bits per heavy atom. The Morgan fingerprint density at radius 3 is 2.56 bits per heavy atom. The molecular weight excluding hydrogens is 467 g/mol. The number of ether oxygens (including phenoxy) is 1. The van der Waals surface area contributed by atoms with E-state index in [0.717, 1.165) is 60.7 Å². The summed E-state index contributed by atoms with van der Waals surface area (Å²) in [7, 11) is 1.68. The number of fused-ring (bicyclic) bond motifs is 2. The maximum Gasteiger partial charge on any atom is 0.416 e. The van der Waals surface area contributed by atoms with Gasteiger partial charge in [0.05, 0.1) is 23.7 Å². The van der Waals surface area contributed by atoms with Crippen LogP contribution >= 0.6 is 0 Å². The maximum atomic E-state index is 13.0. The number of anilines is 1. The van der Waals surface area contributed by atoms with Crippen LogP contribution in [-0.4, -0.2) is 40.1 Å². The zero-order valence-electron chi connectivity index (χ0n) is 19.6. The first kappa shape index (κ1) is 22.5. The van der Waals surface area contributed by atoms with Crippen LogP contribution in [0, 0.1) is 0 Å². The van der Waals surface area contributed by atoms with Gasteiger partial charge in [-0.1, -0.05) is 0 Å². The molecule has 6 nitrogen and oxygen atoms in total. The first-order valence-electron chi connectivity index (χ1n) is 11.8. The van der Waals surface area contributed by atoms with Crippen LogP contribution in [0.1, 0.15) is 29.9 Å². The number of aromatic amines is 2. The lowest BCUT2D eigenvalue weighted by Gasteiger charge is -2.32. The molecule has 1 saturated heterocycles. The molecule has 0 radical (unpaired) electrons. The molecule has 0 aliphatic carbocycles. The molecule has 0 amide bonds. The first-order chi connectivity index (χ1) is 17.4. The smallest absolute Gasteiger partial charge is 0.416 e. The van der Waals surface area contributed by atoms with Crippen molar-refractivity contribution >= 4 is 27.8 Å². The number of pyridine rings is 1. The van der Waals surface area contributed by atoms with Gasteiger partial charge in [0.15, 0.2) is 0 Å². The minimum absolute atomic E-state index is 0.348. The van der Waals surface area contributed by atoms with E-state index in [1.165, 1.54) is 17.0 Å². The number of piperidine rings is 1. The Kier molecular flexibility index (Phi) is 5.35. The number of aromatic nitrogens is 4. The Labute approximate surface area is 205 Å². The quantitative estimate of drug-likeness (QED) is 0.300. The Balaban J connectivity index is 1.16. The molecule has 5 aromatic rings. The Morgan fingerprint density at radius 2 is 1.83 bits per heavy atom. The van der Waals surface area contributed by atoms with E-state index in [9.17, 15) is 13.2 Å². The van der Waals surface area contributed by atoms with Crippen molar-refractivity contribution in [3.8, 4) is 17.1 Å². The van der Waals surface area contributed by atoms with Gasteiger partial charge in [-0.3, -0.25) is 0 Å². The van der Waals surface area contributed by atoms with E-state index in [0.29, 0.717) is 22.8 Å². The number of methoxy groups -OCH3 is 1. The predicted octanol–water partition coefficient (Wildman–Crippen LogP) is 6.52. The van der Waals surface area contributed by atoms with Gasteiger partial charge in [-0.05, 0) is 72.9 Å². The fraction of sp³-hybridized carbons (Fsp3) is 0.259. The van der Waals surface area contributed by atoms with E-state index in [-0.39, 0.29) is 0 Å². The molecule has 3 aromatic heterocycles. The summed E-state index contributed by atoms with van der Waals surface area (Å²) >= 11 is 0. The summed E-state index contributed by atoms with van der Waals surface area (Å²) in [6.07, 6.45) is 1.47. The number of imidazole rings is 1. The number of hydrogen-bond acceptors (Lipinski definition) is 4. The van der Waals surface area contributed by atoms with Crippen molar-refractivity contribution in [1.29, 1.82) is 0 Å². The van der Waals surface area contributed by atoms with Crippen LogP contribution < -0.4 is 9.64 Å². The van der Waals surface area contributed by atoms with Gasteiger partial charge in [0.1, 0.15) is 17.4 Å². The normalized spacial score (nSPS) is 15.2. The second-order valence-electron chi connectivity index (χ2n) is 9.14. The monoisotopic (exact) mass is 491 g/mol. The molecule has 0 saturated carbocycles. The molecular formula is C27H24F3N5O. The number of H-pyrrole nitrogens is 2. The second-order valence-corrected chi connectivity index (χ2v) is 9.14. The number of rotatable bonds is 4. The van der Waals surface area contributed by atoms with Gasteiger partial charge in [0, 0.05) is 41.9 Å². The van der Waals surface area contributed by atoms with Crippen LogP contribution in [0.2, 0.25) is 0 Å². The standard InChI is InChI=1S/C27H24F3N5O/c1-36-19-4-6-22-20(13-19)21(15-31-22)16-8-10-35(11-9-16)25-7-2-17(14-32-25)26-33-23-5-3-18(27(28,29)30)12-24(23)34-26/h2-7,12-16,31H,8-11H2,1H3,(H,33,34). The van der Waals surface area contributed by atoms with Crippen molar-refractivity contribution in [2.24, 2.45) is 0 Å². The van der Waals surface area contributed by atoms with Gasteiger partial charge >= 0.3 is 6.18 Å². The van der Waals surface area contributed by atoms with Gasteiger partial charge in [-0.25, -0.2) is 9.97 Å². The third kappa shape index (κ3) is 4.04. The fourth-order valence-electron chi connectivity index (χ4n) is 5.04. The highest BCUT2D eigenvalue weighted by atomic mass is 19.4. The molecule has 2 aromatic carbocycles. The van der Waals surface area contributed by atoms with Crippen LogP contribution in [0.15, 0.2) is 60.9 Å². The zero-order chi connectivity index (χ0) is 24.9. The van der Waals surface area contributed by atoms with Crippen LogP contribution in [-0.2, 0) is 6.18 Å². The van der Waals surface area contributed by atoms with Crippen LogP contribution in [0.25, 0.3) is 33.3 Å². The summed E-state index contributed by atoms with van der Waals surface area (Å²) < 4.78 is 44.4. The SMILES string of the molecule is COc1ccc2[nH]cc(C3CCN(c4ccc(-c5nc6ccc(C(F)(F)F)cc6[nH]5)cn4)CC3)c2c1. The van der Waals surface area contributed by atoms with E-state index < -0.39 is 11.7 Å². The van der Waals surface area contributed by atoms with E-state index in [1.54, 1.807) is 13.3 Å². The summed E-state index contributed by atoms with van der Waals surface area (Å²) in [5.74, 6) is 2.69. The molecule has 0 atom stereocenters. The molecule has 0 spiro atoms. The summed E-state index contributed by atoms with van der Waals surface area (Å²) in [5, 5.41) is 1.21. The number of nitrogens with zero attached hydrogens (tertiary/aromatic N) is 3. The molecule has 2 N–H and O–H groups in total. The van der Waals surface area contributed by atoms with Crippen molar-refractivity contribution in [3.05, 3.63) is 72.1 Å². The molecule has 36 heavy (non-hydrogen) atoms. The van der Waals surface area contributed by atoms with E-state index in [2.05, 4.69) is 43.2 Å². The minimum atomic E-state index is -4.39. The lowest BCUT2D eigenvalue weighted by molar-refractivity contribution is -0.137. The average Bonchev–Trinajstić information content (AvgIpc) is 3.52. The van der Waals surface area contributed by atoms with Gasteiger partial charge in [0.2, 0.25) is 0 Å². The summed E-state index contributed by atoms with van der Waals surface area (Å²) in [4.78, 5) is 17.7. The molecule has 6 rings (SSSR count). The van der Waals surface area contributed by atoms with Gasteiger partial charge in [-0.2, -0.15) is 13.2 Å². The Hall–Kier alpha value is -4.01. The number of halogens is 3. The molecule has 1 fully saturated rings. The maximum absolute atomic E-state index is 13.0. The first-order valence-corrected chi connectivity index (χ1v) is 11.8. The number of hydrogen-bond donors (Lipinski definition) is 2. The lowest BCUT2D eigenvalue weighted by atomic mass is 9.89. The predicted molar refractivity (Wildman–Crippen MR) is 133 cm³/mol. The molecule has 1 aliphatic rings. The molecule has 9 heteroatoms. The lowest BCUT2D eigenvalue weighted by Crippen LogP contribution is -2.33. The van der Waals surface area contributed by atoms with Crippen molar-refractivity contribution in [2.45, 2.75) is 24.9 Å². The third-order valence-electron chi connectivity index (χ3n) is 7.01. The number of benzene rings is 2. The fourth-order valence-corrected chi connectivity index (χ4v) is 5.04. The third-order valence-corrected chi connectivity index (χ3v) is 7.01. The van der Waals surface area contributed by atoms with Crippen LogP contribution in [0.3, 0.4) is 0 Å². The molecule has 4 heterocycles. The van der Waals surface area contributed by atoms with Crippen molar-refractivity contribution < 1.29 is 17.9 Å². The summed E-state index contributed by atoms with van der Waals surface area (Å²) in [6, 6.07) is 13.5. The van der Waals surface area contributed by atoms with Crippen molar-refractivity contribution in [3.63, 3.8) is 0 Å². The zero-order valence-corrected chi connectivity index (χ0v) is 19.6. The van der Waals surface area contributed by atoms with Gasteiger partial charge in [0.25, 0.3) is 0 Å². The van der Waals surface area contributed by atoms with Crippen molar-refractivity contribution in [1.82, 2.24) is 19.9 Å². The van der Waals surface area contributed by atoms with Crippen molar-refractivity contribution in [2.75, 3.05) is 25.1 Å². The van der Waals surface area contributed by atoms with Gasteiger partial charge in [-0.15, -0.1) is 0 Å². The van der Waals surface area contributed by atoms with E-state index >= 15 is 0 Å². The highest BCUT2D eigenvalue weighted by molar-refractivity contribution is 5.85. The highest BCUT2D eigenvalue weighted by Gasteiger charge is 2.31. The molecule has 0 unspecified atom stereocenters. The van der Waals surface area contributed by atoms with E-state index in [1.807, 2.05) is 18.2 Å². The summed E-state index contributed by atoms with van der Waals surface area (Å²) in [5.41, 5.74) is 3.30. The molecule has 184 valence electrons. The largest absolute Gasteiger partial charge is 0.497 e. The highest BCUT2D eigenvalue weighted by Crippen LogP contribution is 2.36.